The molecule has 0 saturated carbocycles. The van der Waals surface area contributed by atoms with Crippen LogP contribution in [0.5, 0.6) is 0 Å². The number of ether oxygens (including phenoxy) is 4. The summed E-state index contributed by atoms with van der Waals surface area (Å²) in [6.07, 6.45) is 27.7. The van der Waals surface area contributed by atoms with Crippen LogP contribution in [0.4, 0.5) is 0 Å². The smallest absolute Gasteiger partial charge is 0.335 e. The van der Waals surface area contributed by atoms with E-state index in [0.717, 1.165) is 70.6 Å². The normalized spacial score (nSPS) is 20.9. The molecular weight excluding hydrogens is 692 g/mol. The van der Waals surface area contributed by atoms with Gasteiger partial charge in [-0.2, -0.15) is 0 Å². The Hall–Kier alpha value is -2.57. The minimum absolute atomic E-state index is 0.181. The summed E-state index contributed by atoms with van der Waals surface area (Å²) in [7, 11) is 0. The Morgan fingerprint density at radius 1 is 0.593 bits per heavy atom. The molecule has 1 aliphatic rings. The molecule has 11 nitrogen and oxygen atoms in total. The van der Waals surface area contributed by atoms with Gasteiger partial charge in [-0.05, 0) is 44.9 Å². The van der Waals surface area contributed by atoms with Crippen LogP contribution in [0.25, 0.3) is 0 Å². The number of aliphatic hydroxyl groups is 3. The molecule has 0 amide bonds. The van der Waals surface area contributed by atoms with Crippen LogP contribution in [0.2, 0.25) is 0 Å². The number of allylic oxidation sites excluding steroid dienone is 6. The van der Waals surface area contributed by atoms with Gasteiger partial charge in [-0.25, -0.2) is 4.79 Å². The van der Waals surface area contributed by atoms with Gasteiger partial charge in [-0.3, -0.25) is 9.59 Å². The van der Waals surface area contributed by atoms with Gasteiger partial charge in [0.1, 0.15) is 24.9 Å². The lowest BCUT2D eigenvalue weighted by atomic mass is 9.99. The number of aliphatic hydroxyl groups excluding tert-OH is 3. The van der Waals surface area contributed by atoms with Crippen LogP contribution in [0.1, 0.15) is 168 Å². The number of rotatable bonds is 34. The number of esters is 2. The fourth-order valence-corrected chi connectivity index (χ4v) is 6.19. The second kappa shape index (κ2) is 33.7. The quantitative estimate of drug-likeness (QED) is 0.0282. The van der Waals surface area contributed by atoms with Gasteiger partial charge in [0.2, 0.25) is 0 Å². The molecule has 312 valence electrons. The molecule has 6 atom stereocenters. The average molecular weight is 767 g/mol. The van der Waals surface area contributed by atoms with Crippen molar-refractivity contribution >= 4 is 17.9 Å². The topological polar surface area (TPSA) is 169 Å². The van der Waals surface area contributed by atoms with E-state index < -0.39 is 61.3 Å². The fourth-order valence-electron chi connectivity index (χ4n) is 6.19. The Labute approximate surface area is 325 Å². The van der Waals surface area contributed by atoms with Gasteiger partial charge in [-0.1, -0.05) is 147 Å². The van der Waals surface area contributed by atoms with E-state index in [2.05, 4.69) is 50.3 Å². The third kappa shape index (κ3) is 25.5. The number of aliphatic carboxylic acids is 1. The summed E-state index contributed by atoms with van der Waals surface area (Å²) in [6.45, 7) is 3.67. The lowest BCUT2D eigenvalue weighted by Crippen LogP contribution is -2.60. The first-order valence-corrected chi connectivity index (χ1v) is 21.0. The Balaban J connectivity index is 2.41. The summed E-state index contributed by atoms with van der Waals surface area (Å²) >= 11 is 0. The number of carbonyl (C=O) groups excluding carboxylic acids is 2. The largest absolute Gasteiger partial charge is 0.479 e. The summed E-state index contributed by atoms with van der Waals surface area (Å²) in [5.41, 5.74) is 0. The maximum Gasteiger partial charge on any atom is 0.335 e. The molecule has 0 aromatic heterocycles. The highest BCUT2D eigenvalue weighted by Gasteiger charge is 2.47. The molecule has 1 fully saturated rings. The molecule has 0 aliphatic carbocycles. The van der Waals surface area contributed by atoms with Gasteiger partial charge < -0.3 is 39.4 Å². The zero-order valence-electron chi connectivity index (χ0n) is 33.5. The van der Waals surface area contributed by atoms with Crippen molar-refractivity contribution in [3.8, 4) is 0 Å². The first kappa shape index (κ1) is 49.4. The number of carbonyl (C=O) groups is 3. The SMILES string of the molecule is CC/C=C\C/C=C\C/C=C\CCCCCCCC(=O)OCC(COC1OC(C(=O)O)C(O)C(O)C1O)OC(=O)CCCCCCCCCCCCCCC. The molecule has 1 aliphatic heterocycles. The molecule has 4 N–H and O–H groups in total. The molecule has 0 radical (unpaired) electrons. The first-order valence-electron chi connectivity index (χ1n) is 21.0. The van der Waals surface area contributed by atoms with Gasteiger partial charge >= 0.3 is 17.9 Å². The summed E-state index contributed by atoms with van der Waals surface area (Å²) in [6, 6.07) is 0. The average Bonchev–Trinajstić information content (AvgIpc) is 3.15. The predicted molar refractivity (Wildman–Crippen MR) is 211 cm³/mol. The monoisotopic (exact) mass is 767 g/mol. The minimum Gasteiger partial charge on any atom is -0.479 e. The summed E-state index contributed by atoms with van der Waals surface area (Å²) < 4.78 is 21.7. The Morgan fingerprint density at radius 3 is 1.65 bits per heavy atom. The molecule has 0 aromatic carbocycles. The van der Waals surface area contributed by atoms with E-state index in [-0.39, 0.29) is 19.4 Å². The van der Waals surface area contributed by atoms with Crippen molar-refractivity contribution < 1.29 is 53.8 Å². The van der Waals surface area contributed by atoms with E-state index in [1.165, 1.54) is 57.8 Å². The maximum atomic E-state index is 12.7. The molecular formula is C43H74O11. The van der Waals surface area contributed by atoms with E-state index in [9.17, 15) is 34.8 Å². The Kier molecular flexibility index (Phi) is 30.9. The second-order valence-corrected chi connectivity index (χ2v) is 14.5. The highest BCUT2D eigenvalue weighted by molar-refractivity contribution is 5.73. The van der Waals surface area contributed by atoms with Crippen molar-refractivity contribution in [2.75, 3.05) is 13.2 Å². The van der Waals surface area contributed by atoms with Gasteiger partial charge in [0, 0.05) is 12.8 Å². The fraction of sp³-hybridized carbons (Fsp3) is 0.791. The molecule has 11 heteroatoms. The minimum atomic E-state index is -1.86. The Bertz CT molecular complexity index is 1040. The second-order valence-electron chi connectivity index (χ2n) is 14.5. The van der Waals surface area contributed by atoms with Crippen molar-refractivity contribution in [3.05, 3.63) is 36.5 Å². The number of unbranched alkanes of at least 4 members (excludes halogenated alkanes) is 17. The van der Waals surface area contributed by atoms with E-state index in [0.29, 0.717) is 12.8 Å². The Morgan fingerprint density at radius 2 is 1.09 bits per heavy atom. The van der Waals surface area contributed by atoms with E-state index in [1.54, 1.807) is 0 Å². The highest BCUT2D eigenvalue weighted by atomic mass is 16.7. The molecule has 54 heavy (non-hydrogen) atoms. The summed E-state index contributed by atoms with van der Waals surface area (Å²) in [5.74, 6) is -2.46. The van der Waals surface area contributed by atoms with Crippen LogP contribution in [0, 0.1) is 0 Å². The van der Waals surface area contributed by atoms with Gasteiger partial charge in [0.15, 0.2) is 18.5 Å². The maximum absolute atomic E-state index is 12.7. The lowest BCUT2D eigenvalue weighted by Gasteiger charge is -2.38. The molecule has 6 unspecified atom stereocenters. The third-order valence-corrected chi connectivity index (χ3v) is 9.50. The van der Waals surface area contributed by atoms with E-state index >= 15 is 0 Å². The van der Waals surface area contributed by atoms with Gasteiger partial charge in [0.25, 0.3) is 0 Å². The van der Waals surface area contributed by atoms with Crippen LogP contribution in [-0.2, 0) is 33.3 Å². The lowest BCUT2D eigenvalue weighted by molar-refractivity contribution is -0.298. The van der Waals surface area contributed by atoms with Crippen molar-refractivity contribution in [2.24, 2.45) is 0 Å². The van der Waals surface area contributed by atoms with Crippen LogP contribution >= 0.6 is 0 Å². The molecule has 0 aromatic rings. The number of carboxylic acids is 1. The van der Waals surface area contributed by atoms with Crippen molar-refractivity contribution in [1.82, 2.24) is 0 Å². The first-order chi connectivity index (χ1) is 26.2. The molecule has 1 saturated heterocycles. The van der Waals surface area contributed by atoms with Crippen LogP contribution < -0.4 is 0 Å². The molecule has 0 bridgehead atoms. The van der Waals surface area contributed by atoms with Crippen LogP contribution in [-0.4, -0.2) is 88.4 Å². The number of carboxylic acid groups (broad SMARTS) is 1. The highest BCUT2D eigenvalue weighted by Crippen LogP contribution is 2.23. The van der Waals surface area contributed by atoms with E-state index in [1.807, 2.05) is 0 Å². The number of hydrogen-bond acceptors (Lipinski definition) is 10. The van der Waals surface area contributed by atoms with Gasteiger partial charge in [0.05, 0.1) is 6.61 Å². The third-order valence-electron chi connectivity index (χ3n) is 9.50. The molecule has 1 heterocycles. The summed E-state index contributed by atoms with van der Waals surface area (Å²) in [4.78, 5) is 36.7. The standard InChI is InChI=1S/C43H74O11/c1-3-5-7-9-11-13-15-17-18-20-21-23-25-27-29-31-36(44)51-33-35(34-52-43-40(48)38(46)39(47)41(54-43)42(49)50)53-37(45)32-30-28-26-24-22-19-16-14-12-10-8-6-4-2/h5,7,11,13,17-18,35,38-41,43,46-48H,3-4,6,8-10,12,14-16,19-34H2,1-2H3,(H,49,50)/b7-5-,13-11-,18-17-. The van der Waals surface area contributed by atoms with Crippen molar-refractivity contribution in [3.63, 3.8) is 0 Å². The van der Waals surface area contributed by atoms with Crippen molar-refractivity contribution in [2.45, 2.75) is 205 Å². The molecule has 1 rings (SSSR count). The van der Waals surface area contributed by atoms with Crippen LogP contribution in [0.15, 0.2) is 36.5 Å². The molecule has 0 spiro atoms. The van der Waals surface area contributed by atoms with E-state index in [4.69, 9.17) is 18.9 Å². The zero-order chi connectivity index (χ0) is 39.7. The number of hydrogen-bond donors (Lipinski definition) is 4. The van der Waals surface area contributed by atoms with Crippen molar-refractivity contribution in [1.29, 1.82) is 0 Å². The van der Waals surface area contributed by atoms with Crippen LogP contribution in [0.3, 0.4) is 0 Å². The predicted octanol–water partition coefficient (Wildman–Crippen LogP) is 8.42. The summed E-state index contributed by atoms with van der Waals surface area (Å²) in [5, 5.41) is 39.7. The zero-order valence-corrected chi connectivity index (χ0v) is 33.5. The van der Waals surface area contributed by atoms with Gasteiger partial charge in [-0.15, -0.1) is 0 Å².